The van der Waals surface area contributed by atoms with Crippen molar-refractivity contribution in [2.45, 2.75) is 20.3 Å². The number of aromatic hydroxyl groups is 1. The van der Waals surface area contributed by atoms with Gasteiger partial charge in [-0.25, -0.2) is 9.97 Å². The first-order valence-electron chi connectivity index (χ1n) is 6.76. The number of rotatable bonds is 3. The molecular formula is C16H16N2O2S. The number of aromatic nitrogens is 2. The second-order valence-electron chi connectivity index (χ2n) is 4.81. The fraction of sp³-hybridized carbons (Fsp3) is 0.250. The van der Waals surface area contributed by atoms with Gasteiger partial charge < -0.3 is 9.84 Å². The van der Waals surface area contributed by atoms with E-state index in [-0.39, 0.29) is 5.75 Å². The minimum absolute atomic E-state index is 0.217. The summed E-state index contributed by atoms with van der Waals surface area (Å²) in [6.45, 7) is 4.01. The van der Waals surface area contributed by atoms with Crippen LogP contribution >= 0.6 is 11.3 Å². The average Bonchev–Trinajstić information content (AvgIpc) is 2.97. The number of ether oxygens (including phenoxy) is 1. The van der Waals surface area contributed by atoms with Crippen molar-refractivity contribution in [1.29, 1.82) is 0 Å². The van der Waals surface area contributed by atoms with E-state index in [2.05, 4.69) is 16.9 Å². The zero-order valence-corrected chi connectivity index (χ0v) is 13.0. The Kier molecular flexibility index (Phi) is 3.51. The maximum atomic E-state index is 10.3. The minimum atomic E-state index is 0.217. The summed E-state index contributed by atoms with van der Waals surface area (Å²) in [6.07, 6.45) is 0.892. The lowest BCUT2D eigenvalue weighted by Gasteiger charge is -2.09. The van der Waals surface area contributed by atoms with Crippen molar-refractivity contribution in [3.05, 3.63) is 34.8 Å². The van der Waals surface area contributed by atoms with Gasteiger partial charge in [0, 0.05) is 22.4 Å². The normalized spacial score (nSPS) is 11.0. The molecule has 0 saturated carbocycles. The Bertz CT molecular complexity index is 811. The van der Waals surface area contributed by atoms with Crippen molar-refractivity contribution < 1.29 is 9.84 Å². The van der Waals surface area contributed by atoms with Gasteiger partial charge in [0.25, 0.3) is 0 Å². The van der Waals surface area contributed by atoms with Crippen LogP contribution < -0.4 is 4.74 Å². The minimum Gasteiger partial charge on any atom is -0.507 e. The lowest BCUT2D eigenvalue weighted by atomic mass is 10.1. The van der Waals surface area contributed by atoms with Crippen molar-refractivity contribution in [2.24, 2.45) is 0 Å². The highest BCUT2D eigenvalue weighted by atomic mass is 32.1. The van der Waals surface area contributed by atoms with Gasteiger partial charge in [-0.2, -0.15) is 0 Å². The van der Waals surface area contributed by atoms with Gasteiger partial charge in [-0.3, -0.25) is 0 Å². The molecule has 2 heterocycles. The number of aryl methyl sites for hydroxylation is 2. The molecule has 4 nitrogen and oxygen atoms in total. The molecule has 21 heavy (non-hydrogen) atoms. The van der Waals surface area contributed by atoms with Gasteiger partial charge in [-0.15, -0.1) is 11.3 Å². The first-order chi connectivity index (χ1) is 10.1. The molecule has 0 amide bonds. The fourth-order valence-corrected chi connectivity index (χ4v) is 3.17. The van der Waals surface area contributed by atoms with Crippen LogP contribution in [0.2, 0.25) is 0 Å². The summed E-state index contributed by atoms with van der Waals surface area (Å²) in [5, 5.41) is 13.8. The maximum Gasteiger partial charge on any atom is 0.142 e. The van der Waals surface area contributed by atoms with Gasteiger partial charge in [-0.05, 0) is 25.5 Å². The zero-order valence-electron chi connectivity index (χ0n) is 12.2. The average molecular weight is 300 g/mol. The molecule has 5 heteroatoms. The largest absolute Gasteiger partial charge is 0.507 e. The van der Waals surface area contributed by atoms with Crippen molar-refractivity contribution in [3.8, 4) is 22.2 Å². The Balaban J connectivity index is 2.23. The zero-order chi connectivity index (χ0) is 15.0. The van der Waals surface area contributed by atoms with E-state index in [1.165, 1.54) is 0 Å². The summed E-state index contributed by atoms with van der Waals surface area (Å²) in [7, 11) is 1.63. The number of hydrogen-bond donors (Lipinski definition) is 1. The number of pyridine rings is 1. The molecule has 0 fully saturated rings. The van der Waals surface area contributed by atoms with E-state index >= 15 is 0 Å². The van der Waals surface area contributed by atoms with Crippen molar-refractivity contribution in [3.63, 3.8) is 0 Å². The molecule has 108 valence electrons. The number of methoxy groups -OCH3 is 1. The van der Waals surface area contributed by atoms with Crippen LogP contribution in [0.1, 0.15) is 18.2 Å². The molecule has 1 aromatic carbocycles. The molecule has 0 aliphatic rings. The molecule has 0 aliphatic heterocycles. The summed E-state index contributed by atoms with van der Waals surface area (Å²) in [4.78, 5) is 9.20. The van der Waals surface area contributed by atoms with Crippen LogP contribution in [-0.4, -0.2) is 22.2 Å². The number of benzene rings is 1. The molecule has 0 unspecified atom stereocenters. The number of fused-ring (bicyclic) bond motifs is 1. The van der Waals surface area contributed by atoms with Crippen LogP contribution in [0.5, 0.6) is 11.5 Å². The van der Waals surface area contributed by atoms with Crippen LogP contribution in [0.4, 0.5) is 0 Å². The molecular weight excluding hydrogens is 284 g/mol. The highest BCUT2D eigenvalue weighted by Gasteiger charge is 2.13. The predicted molar refractivity (Wildman–Crippen MR) is 85.2 cm³/mol. The van der Waals surface area contributed by atoms with E-state index in [0.29, 0.717) is 5.69 Å². The lowest BCUT2D eigenvalue weighted by molar-refractivity contribution is 0.412. The molecule has 1 N–H and O–H groups in total. The van der Waals surface area contributed by atoms with Crippen LogP contribution in [-0.2, 0) is 6.42 Å². The summed E-state index contributed by atoms with van der Waals surface area (Å²) in [6, 6.07) is 5.34. The van der Waals surface area contributed by atoms with Gasteiger partial charge >= 0.3 is 0 Å². The second-order valence-corrected chi connectivity index (χ2v) is 5.67. The highest BCUT2D eigenvalue weighted by Crippen LogP contribution is 2.34. The Hall–Kier alpha value is -2.14. The van der Waals surface area contributed by atoms with Crippen LogP contribution in [0.25, 0.3) is 21.6 Å². The molecule has 2 aromatic heterocycles. The molecule has 3 aromatic rings. The smallest absolute Gasteiger partial charge is 0.142 e. The molecule has 0 bridgehead atoms. The van der Waals surface area contributed by atoms with Gasteiger partial charge in [0.05, 0.1) is 18.3 Å². The van der Waals surface area contributed by atoms with E-state index in [0.717, 1.165) is 39.3 Å². The van der Waals surface area contributed by atoms with Crippen LogP contribution in [0, 0.1) is 6.92 Å². The van der Waals surface area contributed by atoms with Crippen molar-refractivity contribution >= 4 is 22.2 Å². The molecule has 0 radical (unpaired) electrons. The van der Waals surface area contributed by atoms with E-state index in [1.54, 1.807) is 24.5 Å². The molecule has 0 spiro atoms. The van der Waals surface area contributed by atoms with Gasteiger partial charge in [-0.1, -0.05) is 6.92 Å². The van der Waals surface area contributed by atoms with Crippen molar-refractivity contribution in [2.75, 3.05) is 7.11 Å². The molecule has 3 rings (SSSR count). The van der Waals surface area contributed by atoms with Gasteiger partial charge in [0.15, 0.2) is 0 Å². The Morgan fingerprint density at radius 2 is 2.10 bits per heavy atom. The Morgan fingerprint density at radius 1 is 1.29 bits per heavy atom. The Labute approximate surface area is 127 Å². The van der Waals surface area contributed by atoms with E-state index in [4.69, 9.17) is 4.74 Å². The van der Waals surface area contributed by atoms with Gasteiger partial charge in [0.2, 0.25) is 0 Å². The summed E-state index contributed by atoms with van der Waals surface area (Å²) < 4.78 is 5.33. The summed E-state index contributed by atoms with van der Waals surface area (Å²) in [5.74, 6) is 0.980. The summed E-state index contributed by atoms with van der Waals surface area (Å²) >= 11 is 1.54. The highest BCUT2D eigenvalue weighted by molar-refractivity contribution is 7.13. The maximum absolute atomic E-state index is 10.3. The van der Waals surface area contributed by atoms with Crippen molar-refractivity contribution in [1.82, 2.24) is 9.97 Å². The number of thiazole rings is 1. The third kappa shape index (κ3) is 2.34. The molecule has 0 saturated heterocycles. The molecule has 0 atom stereocenters. The topological polar surface area (TPSA) is 55.2 Å². The predicted octanol–water partition coefficient (Wildman–Crippen LogP) is 3.94. The van der Waals surface area contributed by atoms with Crippen LogP contribution in [0.3, 0.4) is 0 Å². The third-order valence-corrected chi connectivity index (χ3v) is 4.43. The van der Waals surface area contributed by atoms with E-state index in [1.807, 2.05) is 24.4 Å². The fourth-order valence-electron chi connectivity index (χ4n) is 2.31. The third-order valence-electron chi connectivity index (χ3n) is 3.52. The SMILES string of the molecule is CCc1csc(-c2cc(O)c3ccc(OC)c(C)c3n2)n1. The standard InChI is InChI=1S/C16H16N2O2S/c1-4-10-8-21-16(17-10)12-7-13(19)11-5-6-14(20-3)9(2)15(11)18-12/h5-8H,4H2,1-3H3,(H,18,19). The first kappa shape index (κ1) is 13.8. The first-order valence-corrected chi connectivity index (χ1v) is 7.64. The summed E-state index contributed by atoms with van der Waals surface area (Å²) in [5.41, 5.74) is 3.40. The number of hydrogen-bond acceptors (Lipinski definition) is 5. The monoisotopic (exact) mass is 300 g/mol. The molecule has 0 aliphatic carbocycles. The van der Waals surface area contributed by atoms with Crippen LogP contribution in [0.15, 0.2) is 23.6 Å². The number of nitrogens with zero attached hydrogens (tertiary/aromatic N) is 2. The second kappa shape index (κ2) is 5.33. The Morgan fingerprint density at radius 3 is 2.76 bits per heavy atom. The van der Waals surface area contributed by atoms with E-state index in [9.17, 15) is 5.11 Å². The lowest BCUT2D eigenvalue weighted by Crippen LogP contribution is -1.93. The quantitative estimate of drug-likeness (QED) is 0.796. The van der Waals surface area contributed by atoms with Gasteiger partial charge in [0.1, 0.15) is 22.2 Å². The van der Waals surface area contributed by atoms with E-state index < -0.39 is 0 Å².